The first-order chi connectivity index (χ1) is 10.1. The Morgan fingerprint density at radius 3 is 2.71 bits per heavy atom. The van der Waals surface area contributed by atoms with Crippen LogP contribution in [-0.2, 0) is 11.2 Å². The summed E-state index contributed by atoms with van der Waals surface area (Å²) in [5.74, 6) is -0.0316. The van der Waals surface area contributed by atoms with E-state index in [1.165, 1.54) is 16.9 Å². The van der Waals surface area contributed by atoms with Crippen LogP contribution in [0, 0.1) is 6.92 Å². The number of rotatable bonds is 6. The van der Waals surface area contributed by atoms with Crippen LogP contribution >= 0.6 is 11.3 Å². The van der Waals surface area contributed by atoms with Crippen LogP contribution in [0.3, 0.4) is 0 Å². The fourth-order valence-corrected chi connectivity index (χ4v) is 2.83. The fourth-order valence-electron chi connectivity index (χ4n) is 2.01. The van der Waals surface area contributed by atoms with Crippen LogP contribution in [-0.4, -0.2) is 17.4 Å². The number of hydrogen-bond donors (Lipinski definition) is 2. The maximum Gasteiger partial charge on any atom is 0.230 e. The van der Waals surface area contributed by atoms with E-state index in [-0.39, 0.29) is 11.9 Å². The van der Waals surface area contributed by atoms with E-state index in [4.69, 9.17) is 0 Å². The predicted molar refractivity (Wildman–Crippen MR) is 87.7 cm³/mol. The van der Waals surface area contributed by atoms with Crippen molar-refractivity contribution in [2.45, 2.75) is 33.2 Å². The van der Waals surface area contributed by atoms with Gasteiger partial charge in [-0.15, -0.1) is 11.3 Å². The first kappa shape index (κ1) is 15.7. The van der Waals surface area contributed by atoms with E-state index in [9.17, 15) is 4.79 Å². The van der Waals surface area contributed by atoms with E-state index in [2.05, 4.69) is 29.5 Å². The number of nitrogens with zero attached hydrogens (tertiary/aromatic N) is 1. The summed E-state index contributed by atoms with van der Waals surface area (Å²) in [6, 6.07) is 8.20. The topological polar surface area (TPSA) is 54.0 Å². The second kappa shape index (κ2) is 7.33. The molecule has 0 aliphatic heterocycles. The van der Waals surface area contributed by atoms with Crippen LogP contribution in [0.4, 0.5) is 5.13 Å². The Kier molecular flexibility index (Phi) is 5.47. The minimum atomic E-state index is -0.0316. The molecule has 2 aromatic rings. The van der Waals surface area contributed by atoms with E-state index in [1.54, 1.807) is 0 Å². The zero-order chi connectivity index (χ0) is 15.2. The van der Waals surface area contributed by atoms with Gasteiger partial charge in [-0.05, 0) is 26.0 Å². The summed E-state index contributed by atoms with van der Waals surface area (Å²) in [5.41, 5.74) is 3.17. The smallest absolute Gasteiger partial charge is 0.230 e. The number of carbonyl (C=O) groups excluding carboxylic acids is 1. The van der Waals surface area contributed by atoms with Crippen molar-refractivity contribution in [1.82, 2.24) is 10.3 Å². The highest BCUT2D eigenvalue weighted by atomic mass is 32.1. The van der Waals surface area contributed by atoms with Crippen molar-refractivity contribution in [3.05, 3.63) is 46.5 Å². The molecule has 0 aliphatic rings. The second-order valence-electron chi connectivity index (χ2n) is 5.07. The first-order valence-corrected chi connectivity index (χ1v) is 8.00. The average Bonchev–Trinajstić information content (AvgIpc) is 2.90. The zero-order valence-corrected chi connectivity index (χ0v) is 13.5. The maximum absolute atomic E-state index is 12.0. The van der Waals surface area contributed by atoms with Crippen molar-refractivity contribution in [1.29, 1.82) is 0 Å². The number of benzene rings is 1. The van der Waals surface area contributed by atoms with Gasteiger partial charge >= 0.3 is 0 Å². The van der Waals surface area contributed by atoms with Gasteiger partial charge in [0.25, 0.3) is 0 Å². The summed E-state index contributed by atoms with van der Waals surface area (Å²) in [6.07, 6.45) is 0.373. The number of amides is 1. The molecule has 0 aliphatic carbocycles. The molecule has 112 valence electrons. The van der Waals surface area contributed by atoms with Gasteiger partial charge in [0.15, 0.2) is 5.13 Å². The quantitative estimate of drug-likeness (QED) is 0.861. The molecule has 4 nitrogen and oxygen atoms in total. The Morgan fingerprint density at radius 2 is 2.05 bits per heavy atom. The number of anilines is 1. The number of thiazole rings is 1. The van der Waals surface area contributed by atoms with Crippen molar-refractivity contribution in [3.8, 4) is 0 Å². The molecule has 5 heteroatoms. The van der Waals surface area contributed by atoms with Gasteiger partial charge < -0.3 is 10.6 Å². The number of carbonyl (C=O) groups is 1. The highest BCUT2D eigenvalue weighted by molar-refractivity contribution is 7.13. The molecule has 0 fully saturated rings. The molecule has 1 unspecified atom stereocenters. The van der Waals surface area contributed by atoms with Gasteiger partial charge in [0.05, 0.1) is 12.1 Å². The number of nitrogens with one attached hydrogen (secondary N) is 2. The summed E-state index contributed by atoms with van der Waals surface area (Å²) >= 11 is 1.46. The minimum Gasteiger partial charge on any atom is -0.309 e. The summed E-state index contributed by atoms with van der Waals surface area (Å²) < 4.78 is 0. The number of aryl methyl sites for hydroxylation is 1. The largest absolute Gasteiger partial charge is 0.309 e. The molecule has 2 rings (SSSR count). The number of aromatic nitrogens is 1. The minimum absolute atomic E-state index is 0.0316. The molecular formula is C16H21N3OS. The average molecular weight is 303 g/mol. The molecule has 0 bridgehead atoms. The lowest BCUT2D eigenvalue weighted by atomic mass is 10.1. The van der Waals surface area contributed by atoms with E-state index in [0.717, 1.165) is 17.8 Å². The van der Waals surface area contributed by atoms with Crippen molar-refractivity contribution in [2.75, 3.05) is 11.9 Å². The van der Waals surface area contributed by atoms with Crippen LogP contribution < -0.4 is 10.6 Å². The molecule has 1 aromatic heterocycles. The molecule has 1 amide bonds. The number of hydrogen-bond acceptors (Lipinski definition) is 4. The summed E-state index contributed by atoms with van der Waals surface area (Å²) in [5, 5.41) is 8.81. The van der Waals surface area contributed by atoms with Gasteiger partial charge in [-0.1, -0.05) is 36.8 Å². The SMILES string of the molecule is CCNC(C)c1csc(NC(=O)Cc2ccc(C)cc2)n1. The summed E-state index contributed by atoms with van der Waals surface area (Å²) in [7, 11) is 0. The Bertz CT molecular complexity index is 592. The van der Waals surface area contributed by atoms with Gasteiger partial charge in [-0.3, -0.25) is 4.79 Å². The van der Waals surface area contributed by atoms with Crippen LogP contribution in [0.25, 0.3) is 0 Å². The zero-order valence-electron chi connectivity index (χ0n) is 12.6. The van der Waals surface area contributed by atoms with Crippen molar-refractivity contribution < 1.29 is 4.79 Å². The summed E-state index contributed by atoms with van der Waals surface area (Å²) in [4.78, 5) is 16.5. The molecule has 0 saturated carbocycles. The Morgan fingerprint density at radius 1 is 1.33 bits per heavy atom. The molecular weight excluding hydrogens is 282 g/mol. The molecule has 1 heterocycles. The lowest BCUT2D eigenvalue weighted by molar-refractivity contribution is -0.115. The van der Waals surface area contributed by atoms with Gasteiger partial charge in [-0.2, -0.15) is 0 Å². The predicted octanol–water partition coefficient (Wildman–Crippen LogP) is 3.30. The van der Waals surface area contributed by atoms with Crippen LogP contribution in [0.2, 0.25) is 0 Å². The Labute approximate surface area is 129 Å². The van der Waals surface area contributed by atoms with Crippen LogP contribution in [0.1, 0.15) is 36.7 Å². The van der Waals surface area contributed by atoms with E-state index in [0.29, 0.717) is 11.6 Å². The van der Waals surface area contributed by atoms with Crippen molar-refractivity contribution in [3.63, 3.8) is 0 Å². The van der Waals surface area contributed by atoms with Crippen LogP contribution in [0.15, 0.2) is 29.6 Å². The lowest BCUT2D eigenvalue weighted by Crippen LogP contribution is -2.18. The van der Waals surface area contributed by atoms with Crippen molar-refractivity contribution >= 4 is 22.4 Å². The Balaban J connectivity index is 1.92. The van der Waals surface area contributed by atoms with E-state index < -0.39 is 0 Å². The van der Waals surface area contributed by atoms with Gasteiger partial charge in [0, 0.05) is 11.4 Å². The molecule has 2 N–H and O–H groups in total. The first-order valence-electron chi connectivity index (χ1n) is 7.12. The third-order valence-corrected chi connectivity index (χ3v) is 3.98. The molecule has 0 radical (unpaired) electrons. The summed E-state index contributed by atoms with van der Waals surface area (Å²) in [6.45, 7) is 7.06. The van der Waals surface area contributed by atoms with E-state index >= 15 is 0 Å². The highest BCUT2D eigenvalue weighted by Gasteiger charge is 2.11. The Hall–Kier alpha value is -1.72. The van der Waals surface area contributed by atoms with Crippen LogP contribution in [0.5, 0.6) is 0 Å². The molecule has 1 atom stereocenters. The monoisotopic (exact) mass is 303 g/mol. The molecule has 21 heavy (non-hydrogen) atoms. The normalized spacial score (nSPS) is 12.1. The van der Waals surface area contributed by atoms with Gasteiger partial charge in [0.1, 0.15) is 0 Å². The van der Waals surface area contributed by atoms with E-state index in [1.807, 2.05) is 36.6 Å². The standard InChI is InChI=1S/C16H21N3OS/c1-4-17-12(3)14-10-21-16(18-14)19-15(20)9-13-7-5-11(2)6-8-13/h5-8,10,12,17H,4,9H2,1-3H3,(H,18,19,20). The molecule has 0 saturated heterocycles. The maximum atomic E-state index is 12.0. The van der Waals surface area contributed by atoms with Gasteiger partial charge in [-0.25, -0.2) is 4.98 Å². The highest BCUT2D eigenvalue weighted by Crippen LogP contribution is 2.20. The van der Waals surface area contributed by atoms with Crippen molar-refractivity contribution in [2.24, 2.45) is 0 Å². The fraction of sp³-hybridized carbons (Fsp3) is 0.375. The molecule has 1 aromatic carbocycles. The third kappa shape index (κ3) is 4.65. The second-order valence-corrected chi connectivity index (χ2v) is 5.93. The van der Waals surface area contributed by atoms with Gasteiger partial charge in [0.2, 0.25) is 5.91 Å². The lowest BCUT2D eigenvalue weighted by Gasteiger charge is -2.08. The third-order valence-electron chi connectivity index (χ3n) is 3.21. The molecule has 0 spiro atoms.